The van der Waals surface area contributed by atoms with Crippen LogP contribution in [0.25, 0.3) is 0 Å². The Bertz CT molecular complexity index is 703. The molecule has 2 aromatic rings. The van der Waals surface area contributed by atoms with Gasteiger partial charge in [-0.3, -0.25) is 4.79 Å². The maximum absolute atomic E-state index is 12.5. The molecule has 0 saturated carbocycles. The summed E-state index contributed by atoms with van der Waals surface area (Å²) in [4.78, 5) is 14.3. The van der Waals surface area contributed by atoms with Crippen LogP contribution in [0.1, 0.15) is 30.4 Å². The van der Waals surface area contributed by atoms with Crippen LogP contribution >= 0.6 is 11.6 Å². The Hall–Kier alpha value is -1.92. The molecule has 1 aromatic heterocycles. The van der Waals surface area contributed by atoms with E-state index in [1.807, 2.05) is 31.2 Å². The third kappa shape index (κ3) is 3.71. The molecule has 2 atom stereocenters. The number of halogens is 1. The van der Waals surface area contributed by atoms with Crippen LogP contribution in [0.3, 0.4) is 0 Å². The second-order valence-corrected chi connectivity index (χ2v) is 6.10. The number of nitrogens with zero attached hydrogens (tertiary/aromatic N) is 3. The maximum atomic E-state index is 12.5. The number of carbonyl (C=O) groups excluding carboxylic acids is 1. The molecule has 1 fully saturated rings. The Morgan fingerprint density at radius 2 is 2.26 bits per heavy atom. The second kappa shape index (κ2) is 6.68. The molecule has 0 unspecified atom stereocenters. The highest BCUT2D eigenvalue weighted by molar-refractivity contribution is 6.30. The maximum Gasteiger partial charge on any atom is 0.232 e. The molecule has 0 bridgehead atoms. The van der Waals surface area contributed by atoms with Crippen molar-refractivity contribution < 1.29 is 13.9 Å². The van der Waals surface area contributed by atoms with Gasteiger partial charge in [0.2, 0.25) is 17.7 Å². The summed E-state index contributed by atoms with van der Waals surface area (Å²) in [5, 5.41) is 8.29. The Kier molecular flexibility index (Phi) is 4.63. The average molecular weight is 336 g/mol. The first-order valence-corrected chi connectivity index (χ1v) is 7.86. The first-order valence-electron chi connectivity index (χ1n) is 7.48. The fraction of sp³-hybridized carbons (Fsp3) is 0.438. The molecular formula is C16H18ClN3O3. The van der Waals surface area contributed by atoms with Gasteiger partial charge in [0.05, 0.1) is 19.2 Å². The number of amides is 1. The minimum Gasteiger partial charge on any atom is -0.425 e. The molecule has 3 rings (SSSR count). The van der Waals surface area contributed by atoms with Gasteiger partial charge in [-0.15, -0.1) is 10.2 Å². The van der Waals surface area contributed by atoms with Gasteiger partial charge in [0.25, 0.3) is 0 Å². The normalized spacial score (nSPS) is 21.4. The molecule has 7 heteroatoms. The number of morpholine rings is 1. The van der Waals surface area contributed by atoms with E-state index in [2.05, 4.69) is 10.2 Å². The van der Waals surface area contributed by atoms with Crippen LogP contribution in [0.5, 0.6) is 0 Å². The fourth-order valence-corrected chi connectivity index (χ4v) is 2.85. The van der Waals surface area contributed by atoms with Crippen molar-refractivity contribution >= 4 is 17.5 Å². The quantitative estimate of drug-likeness (QED) is 0.862. The lowest BCUT2D eigenvalue weighted by Crippen LogP contribution is -2.48. The molecule has 0 radical (unpaired) electrons. The molecule has 0 aliphatic carbocycles. The number of hydrogen-bond donors (Lipinski definition) is 0. The van der Waals surface area contributed by atoms with Crippen molar-refractivity contribution in [3.63, 3.8) is 0 Å². The van der Waals surface area contributed by atoms with E-state index in [0.717, 1.165) is 5.56 Å². The first-order chi connectivity index (χ1) is 11.0. The van der Waals surface area contributed by atoms with Crippen LogP contribution in [-0.2, 0) is 16.0 Å². The van der Waals surface area contributed by atoms with Gasteiger partial charge < -0.3 is 14.1 Å². The molecule has 2 heterocycles. The lowest BCUT2D eigenvalue weighted by molar-refractivity contribution is -0.144. The van der Waals surface area contributed by atoms with Gasteiger partial charge >= 0.3 is 0 Å². The first kappa shape index (κ1) is 16.0. The highest BCUT2D eigenvalue weighted by Crippen LogP contribution is 2.27. The summed E-state index contributed by atoms with van der Waals surface area (Å²) in [5.41, 5.74) is 0.968. The van der Waals surface area contributed by atoms with Crippen molar-refractivity contribution in [2.75, 3.05) is 13.2 Å². The number of hydrogen-bond acceptors (Lipinski definition) is 5. The number of ether oxygens (including phenoxy) is 1. The van der Waals surface area contributed by atoms with E-state index < -0.39 is 0 Å². The summed E-state index contributed by atoms with van der Waals surface area (Å²) in [6, 6.07) is 7.52. The summed E-state index contributed by atoms with van der Waals surface area (Å²) in [5.74, 6) is 0.751. The second-order valence-electron chi connectivity index (χ2n) is 5.66. The predicted octanol–water partition coefficient (Wildman–Crippen LogP) is 2.56. The van der Waals surface area contributed by atoms with E-state index in [0.29, 0.717) is 30.0 Å². The largest absolute Gasteiger partial charge is 0.425 e. The minimum atomic E-state index is -0.182. The highest BCUT2D eigenvalue weighted by atomic mass is 35.5. The zero-order valence-electron chi connectivity index (χ0n) is 13.0. The van der Waals surface area contributed by atoms with Gasteiger partial charge in [-0.05, 0) is 24.6 Å². The Morgan fingerprint density at radius 3 is 2.96 bits per heavy atom. The van der Waals surface area contributed by atoms with Gasteiger partial charge in [-0.1, -0.05) is 23.7 Å². The van der Waals surface area contributed by atoms with E-state index in [1.54, 1.807) is 11.8 Å². The smallest absolute Gasteiger partial charge is 0.232 e. The molecule has 1 aliphatic rings. The van der Waals surface area contributed by atoms with Crippen molar-refractivity contribution in [2.24, 2.45) is 0 Å². The molecule has 1 aromatic carbocycles. The number of carbonyl (C=O) groups is 1. The Labute approximate surface area is 139 Å². The van der Waals surface area contributed by atoms with Crippen molar-refractivity contribution in [1.29, 1.82) is 0 Å². The van der Waals surface area contributed by atoms with Crippen LogP contribution in [0, 0.1) is 6.92 Å². The van der Waals surface area contributed by atoms with Gasteiger partial charge in [-0.25, -0.2) is 0 Å². The van der Waals surface area contributed by atoms with Crippen LogP contribution in [-0.4, -0.2) is 40.2 Å². The zero-order chi connectivity index (χ0) is 16.4. The van der Waals surface area contributed by atoms with Gasteiger partial charge in [-0.2, -0.15) is 0 Å². The molecule has 6 nitrogen and oxygen atoms in total. The van der Waals surface area contributed by atoms with Crippen molar-refractivity contribution in [1.82, 2.24) is 15.1 Å². The Balaban J connectivity index is 1.71. The zero-order valence-corrected chi connectivity index (χ0v) is 13.8. The van der Waals surface area contributed by atoms with Crippen LogP contribution < -0.4 is 0 Å². The molecule has 0 spiro atoms. The topological polar surface area (TPSA) is 68.5 Å². The molecule has 0 N–H and O–H groups in total. The van der Waals surface area contributed by atoms with Crippen molar-refractivity contribution in [3.8, 4) is 0 Å². The predicted molar refractivity (Wildman–Crippen MR) is 84.1 cm³/mol. The van der Waals surface area contributed by atoms with Gasteiger partial charge in [0.1, 0.15) is 12.5 Å². The molecule has 122 valence electrons. The lowest BCUT2D eigenvalue weighted by atomic mass is 10.1. The van der Waals surface area contributed by atoms with E-state index in [-0.39, 0.29) is 24.5 Å². The number of aromatic nitrogens is 2. The molecule has 1 amide bonds. The van der Waals surface area contributed by atoms with E-state index >= 15 is 0 Å². The summed E-state index contributed by atoms with van der Waals surface area (Å²) in [7, 11) is 0. The molecule has 23 heavy (non-hydrogen) atoms. The van der Waals surface area contributed by atoms with Gasteiger partial charge in [0.15, 0.2) is 0 Å². The SMILES string of the molecule is Cc1nnc(CC(=O)N2C[C@H](c3cccc(Cl)c3)OC[C@@H]2C)o1. The third-order valence-electron chi connectivity index (χ3n) is 3.84. The van der Waals surface area contributed by atoms with Crippen molar-refractivity contribution in [2.45, 2.75) is 32.4 Å². The monoisotopic (exact) mass is 335 g/mol. The fourth-order valence-electron chi connectivity index (χ4n) is 2.65. The van der Waals surface area contributed by atoms with Crippen molar-refractivity contribution in [3.05, 3.63) is 46.6 Å². The van der Waals surface area contributed by atoms with E-state index in [1.165, 1.54) is 0 Å². The number of aryl methyl sites for hydroxylation is 1. The van der Waals surface area contributed by atoms with Crippen LogP contribution in [0.4, 0.5) is 0 Å². The summed E-state index contributed by atoms with van der Waals surface area (Å²) < 4.78 is 11.2. The third-order valence-corrected chi connectivity index (χ3v) is 4.08. The van der Waals surface area contributed by atoms with Gasteiger partial charge in [0, 0.05) is 11.9 Å². The lowest BCUT2D eigenvalue weighted by Gasteiger charge is -2.38. The summed E-state index contributed by atoms with van der Waals surface area (Å²) >= 11 is 6.04. The average Bonchev–Trinajstić information content (AvgIpc) is 2.92. The van der Waals surface area contributed by atoms with E-state index in [9.17, 15) is 4.79 Å². The van der Waals surface area contributed by atoms with E-state index in [4.69, 9.17) is 20.8 Å². The molecule has 1 saturated heterocycles. The summed E-state index contributed by atoms with van der Waals surface area (Å²) in [6.07, 6.45) is -0.0775. The summed E-state index contributed by atoms with van der Waals surface area (Å²) in [6.45, 7) is 4.62. The number of rotatable bonds is 3. The standard InChI is InChI=1S/C16H18ClN3O3/c1-10-9-22-14(12-4-3-5-13(17)6-12)8-20(10)16(21)7-15-19-18-11(2)23-15/h3-6,10,14H,7-9H2,1-2H3/t10-,14+/m0/s1. The minimum absolute atomic E-state index is 0.00181. The molecular weight excluding hydrogens is 318 g/mol. The number of benzene rings is 1. The van der Waals surface area contributed by atoms with Crippen LogP contribution in [0.15, 0.2) is 28.7 Å². The highest BCUT2D eigenvalue weighted by Gasteiger charge is 2.31. The Morgan fingerprint density at radius 1 is 1.43 bits per heavy atom. The molecule has 1 aliphatic heterocycles. The van der Waals surface area contributed by atoms with Crippen LogP contribution in [0.2, 0.25) is 5.02 Å².